The highest BCUT2D eigenvalue weighted by Crippen LogP contribution is 2.10. The van der Waals surface area contributed by atoms with E-state index in [1.807, 2.05) is 19.9 Å². The summed E-state index contributed by atoms with van der Waals surface area (Å²) in [7, 11) is 0. The van der Waals surface area contributed by atoms with E-state index in [-0.39, 0.29) is 12.3 Å². The van der Waals surface area contributed by atoms with Crippen LogP contribution in [0.15, 0.2) is 12.4 Å². The summed E-state index contributed by atoms with van der Waals surface area (Å²) in [6.45, 7) is 3.68. The van der Waals surface area contributed by atoms with Crippen LogP contribution in [-0.2, 0) is 0 Å². The number of hydrogen-bond acceptors (Lipinski definition) is 5. The summed E-state index contributed by atoms with van der Waals surface area (Å²) < 4.78 is 0. The molecule has 0 fully saturated rings. The van der Waals surface area contributed by atoms with Crippen LogP contribution in [-0.4, -0.2) is 27.2 Å². The summed E-state index contributed by atoms with van der Waals surface area (Å²) >= 11 is 0. The third kappa shape index (κ3) is 2.68. The molecule has 0 aliphatic heterocycles. The van der Waals surface area contributed by atoms with E-state index in [1.165, 1.54) is 12.4 Å². The Balaban J connectivity index is 2.75. The molecule has 5 nitrogen and oxygen atoms in total. The first-order valence-electron chi connectivity index (χ1n) is 4.18. The molecule has 1 heterocycles. The minimum atomic E-state index is -0.442. The second-order valence-electron chi connectivity index (χ2n) is 3.57. The van der Waals surface area contributed by atoms with Gasteiger partial charge in [0, 0.05) is 0 Å². The fourth-order valence-electron chi connectivity index (χ4n) is 0.837. The number of anilines is 1. The molecule has 14 heavy (non-hydrogen) atoms. The van der Waals surface area contributed by atoms with Gasteiger partial charge >= 0.3 is 0 Å². The number of nitriles is 1. The Hall–Kier alpha value is -1.67. The van der Waals surface area contributed by atoms with Crippen molar-refractivity contribution in [1.82, 2.24) is 9.97 Å². The number of aliphatic hydroxyl groups is 1. The van der Waals surface area contributed by atoms with E-state index in [1.54, 1.807) is 0 Å². The van der Waals surface area contributed by atoms with Gasteiger partial charge in [0.1, 0.15) is 11.9 Å². The van der Waals surface area contributed by atoms with E-state index >= 15 is 0 Å². The molecule has 0 saturated carbocycles. The van der Waals surface area contributed by atoms with Crippen LogP contribution in [0.3, 0.4) is 0 Å². The van der Waals surface area contributed by atoms with Crippen molar-refractivity contribution in [3.63, 3.8) is 0 Å². The lowest BCUT2D eigenvalue weighted by atomic mass is 10.1. The Morgan fingerprint density at radius 3 is 2.64 bits per heavy atom. The number of aromatic nitrogens is 2. The predicted molar refractivity (Wildman–Crippen MR) is 51.5 cm³/mol. The van der Waals surface area contributed by atoms with Crippen molar-refractivity contribution in [1.29, 1.82) is 5.26 Å². The van der Waals surface area contributed by atoms with Gasteiger partial charge in [0.05, 0.1) is 24.5 Å². The minimum absolute atomic E-state index is 0.00528. The molecule has 0 atom stereocenters. The Bertz CT molecular complexity index is 339. The molecule has 0 saturated heterocycles. The molecule has 2 N–H and O–H groups in total. The van der Waals surface area contributed by atoms with Gasteiger partial charge in [-0.1, -0.05) is 0 Å². The van der Waals surface area contributed by atoms with Crippen molar-refractivity contribution in [2.24, 2.45) is 0 Å². The maximum absolute atomic E-state index is 8.99. The molecule has 0 aliphatic rings. The average molecular weight is 192 g/mol. The van der Waals surface area contributed by atoms with E-state index in [0.717, 1.165) is 0 Å². The standard InChI is InChI=1S/C9H12N4O/c1-9(2,6-14)13-8-5-11-7(3-10)4-12-8/h4-5,14H,6H2,1-2H3,(H,12,13). The molecular weight excluding hydrogens is 180 g/mol. The number of aliphatic hydroxyl groups excluding tert-OH is 1. The van der Waals surface area contributed by atoms with Gasteiger partial charge < -0.3 is 10.4 Å². The smallest absolute Gasteiger partial charge is 0.158 e. The van der Waals surface area contributed by atoms with Gasteiger partial charge in [-0.05, 0) is 13.8 Å². The van der Waals surface area contributed by atoms with Crippen LogP contribution in [0.25, 0.3) is 0 Å². The van der Waals surface area contributed by atoms with E-state index in [2.05, 4.69) is 15.3 Å². The van der Waals surface area contributed by atoms with Crippen LogP contribution in [0.1, 0.15) is 19.5 Å². The summed E-state index contributed by atoms with van der Waals surface area (Å²) in [6, 6.07) is 1.88. The Morgan fingerprint density at radius 1 is 1.50 bits per heavy atom. The largest absolute Gasteiger partial charge is 0.394 e. The third-order valence-electron chi connectivity index (χ3n) is 1.63. The second kappa shape index (κ2) is 4.03. The summed E-state index contributed by atoms with van der Waals surface area (Å²) in [6.07, 6.45) is 2.85. The number of rotatable bonds is 3. The van der Waals surface area contributed by atoms with Gasteiger partial charge in [0.25, 0.3) is 0 Å². The molecular formula is C9H12N4O. The van der Waals surface area contributed by atoms with Crippen molar-refractivity contribution < 1.29 is 5.11 Å². The zero-order valence-electron chi connectivity index (χ0n) is 8.15. The van der Waals surface area contributed by atoms with Gasteiger partial charge in [0.2, 0.25) is 0 Å². The maximum Gasteiger partial charge on any atom is 0.158 e. The van der Waals surface area contributed by atoms with Crippen LogP contribution < -0.4 is 5.32 Å². The summed E-state index contributed by atoms with van der Waals surface area (Å²) in [5, 5.41) is 20.5. The molecule has 0 bridgehead atoms. The lowest BCUT2D eigenvalue weighted by Gasteiger charge is -2.23. The van der Waals surface area contributed by atoms with Gasteiger partial charge in [0.15, 0.2) is 5.69 Å². The van der Waals surface area contributed by atoms with Gasteiger partial charge in [-0.15, -0.1) is 0 Å². The SMILES string of the molecule is CC(C)(CO)Nc1cnc(C#N)cn1. The fraction of sp³-hybridized carbons (Fsp3) is 0.444. The van der Waals surface area contributed by atoms with Gasteiger partial charge in [-0.25, -0.2) is 9.97 Å². The topological polar surface area (TPSA) is 81.8 Å². The first-order valence-corrected chi connectivity index (χ1v) is 4.18. The molecule has 0 spiro atoms. The van der Waals surface area contributed by atoms with E-state index in [4.69, 9.17) is 10.4 Å². The average Bonchev–Trinajstić information content (AvgIpc) is 2.19. The van der Waals surface area contributed by atoms with Crippen LogP contribution in [0.2, 0.25) is 0 Å². The quantitative estimate of drug-likeness (QED) is 0.730. The molecule has 5 heteroatoms. The Kier molecular flexibility index (Phi) is 2.99. The highest BCUT2D eigenvalue weighted by molar-refractivity contribution is 5.35. The van der Waals surface area contributed by atoms with Crippen LogP contribution >= 0.6 is 0 Å². The third-order valence-corrected chi connectivity index (χ3v) is 1.63. The van der Waals surface area contributed by atoms with Crippen molar-refractivity contribution in [2.45, 2.75) is 19.4 Å². The van der Waals surface area contributed by atoms with E-state index < -0.39 is 5.54 Å². The number of nitrogens with zero attached hydrogens (tertiary/aromatic N) is 3. The normalized spacial score (nSPS) is 10.7. The van der Waals surface area contributed by atoms with Crippen molar-refractivity contribution in [2.75, 3.05) is 11.9 Å². The van der Waals surface area contributed by atoms with Crippen LogP contribution in [0.4, 0.5) is 5.82 Å². The minimum Gasteiger partial charge on any atom is -0.394 e. The molecule has 0 radical (unpaired) electrons. The highest BCUT2D eigenvalue weighted by atomic mass is 16.3. The van der Waals surface area contributed by atoms with Crippen molar-refractivity contribution in [3.8, 4) is 6.07 Å². The first kappa shape index (κ1) is 10.4. The zero-order chi connectivity index (χ0) is 10.6. The zero-order valence-corrected chi connectivity index (χ0v) is 8.15. The summed E-state index contributed by atoms with van der Waals surface area (Å²) in [4.78, 5) is 7.82. The highest BCUT2D eigenvalue weighted by Gasteiger charge is 2.16. The molecule has 0 aliphatic carbocycles. The van der Waals surface area contributed by atoms with Crippen molar-refractivity contribution >= 4 is 5.82 Å². The Morgan fingerprint density at radius 2 is 2.21 bits per heavy atom. The number of nitrogens with one attached hydrogen (secondary N) is 1. The van der Waals surface area contributed by atoms with Crippen LogP contribution in [0, 0.1) is 11.3 Å². The summed E-state index contributed by atoms with van der Waals surface area (Å²) in [5.41, 5.74) is -0.166. The van der Waals surface area contributed by atoms with E-state index in [9.17, 15) is 0 Å². The Labute approximate surface area is 82.4 Å². The molecule has 0 unspecified atom stereocenters. The summed E-state index contributed by atoms with van der Waals surface area (Å²) in [5.74, 6) is 0.544. The molecule has 0 aromatic carbocycles. The number of hydrogen-bond donors (Lipinski definition) is 2. The molecule has 74 valence electrons. The molecule has 1 aromatic heterocycles. The van der Waals surface area contributed by atoms with Gasteiger partial charge in [-0.3, -0.25) is 0 Å². The van der Waals surface area contributed by atoms with Crippen LogP contribution in [0.5, 0.6) is 0 Å². The van der Waals surface area contributed by atoms with Gasteiger partial charge in [-0.2, -0.15) is 5.26 Å². The van der Waals surface area contributed by atoms with E-state index in [0.29, 0.717) is 5.82 Å². The first-order chi connectivity index (χ1) is 6.57. The molecule has 0 amide bonds. The predicted octanol–water partition coefficient (Wildman–Crippen LogP) is 0.531. The second-order valence-corrected chi connectivity index (χ2v) is 3.57. The fourth-order valence-corrected chi connectivity index (χ4v) is 0.837. The lowest BCUT2D eigenvalue weighted by molar-refractivity contribution is 0.234. The van der Waals surface area contributed by atoms with Crippen molar-refractivity contribution in [3.05, 3.63) is 18.1 Å². The molecule has 1 aromatic rings. The lowest BCUT2D eigenvalue weighted by Crippen LogP contribution is -2.35. The molecule has 1 rings (SSSR count). The maximum atomic E-state index is 8.99. The monoisotopic (exact) mass is 192 g/mol.